The van der Waals surface area contributed by atoms with Gasteiger partial charge >= 0.3 is 5.97 Å². The first-order chi connectivity index (χ1) is 12.0. The summed E-state index contributed by atoms with van der Waals surface area (Å²) in [5.74, 6) is -1.56. The van der Waals surface area contributed by atoms with Gasteiger partial charge in [0.2, 0.25) is 0 Å². The molecule has 3 aromatic heterocycles. The van der Waals surface area contributed by atoms with Crippen LogP contribution in [0.15, 0.2) is 43.1 Å². The van der Waals surface area contributed by atoms with E-state index in [0.717, 1.165) is 0 Å². The van der Waals surface area contributed by atoms with Gasteiger partial charge in [-0.15, -0.1) is 0 Å². The number of aromatic amines is 1. The molecule has 4 aromatic rings. The second kappa shape index (κ2) is 5.67. The van der Waals surface area contributed by atoms with E-state index in [9.17, 15) is 14.3 Å². The Balaban J connectivity index is 1.80. The van der Waals surface area contributed by atoms with Crippen LogP contribution in [0.25, 0.3) is 28.2 Å². The number of aromatic nitrogens is 5. The van der Waals surface area contributed by atoms with Crippen molar-refractivity contribution >= 4 is 28.7 Å². The highest BCUT2D eigenvalue weighted by molar-refractivity contribution is 6.30. The Morgan fingerprint density at radius 2 is 2.12 bits per heavy atom. The van der Waals surface area contributed by atoms with E-state index in [1.54, 1.807) is 6.20 Å². The molecule has 0 bridgehead atoms. The summed E-state index contributed by atoms with van der Waals surface area (Å²) in [6.07, 6.45) is 5.78. The Morgan fingerprint density at radius 3 is 2.92 bits per heavy atom. The molecule has 25 heavy (non-hydrogen) atoms. The molecule has 0 aliphatic heterocycles. The zero-order valence-corrected chi connectivity index (χ0v) is 13.2. The van der Waals surface area contributed by atoms with Gasteiger partial charge in [-0.1, -0.05) is 11.6 Å². The van der Waals surface area contributed by atoms with E-state index in [-0.39, 0.29) is 16.8 Å². The first-order valence-corrected chi connectivity index (χ1v) is 7.48. The molecule has 2 N–H and O–H groups in total. The largest absolute Gasteiger partial charge is 0.478 e. The van der Waals surface area contributed by atoms with Gasteiger partial charge in [0.15, 0.2) is 5.65 Å². The first-order valence-electron chi connectivity index (χ1n) is 7.10. The fraction of sp³-hybridized carbons (Fsp3) is 0. The van der Waals surface area contributed by atoms with Crippen molar-refractivity contribution in [3.8, 4) is 17.1 Å². The molecule has 0 aliphatic rings. The molecule has 0 atom stereocenters. The van der Waals surface area contributed by atoms with Crippen molar-refractivity contribution in [2.45, 2.75) is 0 Å². The maximum Gasteiger partial charge on any atom is 0.339 e. The molecule has 0 saturated heterocycles. The van der Waals surface area contributed by atoms with Crippen molar-refractivity contribution in [1.29, 1.82) is 0 Å². The van der Waals surface area contributed by atoms with Gasteiger partial charge in [-0.05, 0) is 18.2 Å². The molecule has 0 saturated carbocycles. The van der Waals surface area contributed by atoms with Crippen LogP contribution in [0.3, 0.4) is 0 Å². The number of fused-ring (bicyclic) bond motifs is 1. The van der Waals surface area contributed by atoms with Crippen molar-refractivity contribution in [3.63, 3.8) is 0 Å². The topological polar surface area (TPSA) is 96.7 Å². The standard InChI is InChI=1S/C16H9ClFN5O2/c17-8-1-2-10(18)13(3-8)23-6-12(21-7-23)11-5-20-15-14(22-11)9(4-19-15)16(24)25/h1-7H,(H,19,20)(H,24,25). The molecule has 0 unspecified atom stereocenters. The van der Waals surface area contributed by atoms with Gasteiger partial charge in [0.1, 0.15) is 34.6 Å². The van der Waals surface area contributed by atoms with Gasteiger partial charge in [0.05, 0.1) is 11.9 Å². The number of H-pyrrole nitrogens is 1. The average Bonchev–Trinajstić information content (AvgIpc) is 3.23. The maximum atomic E-state index is 14.0. The third kappa shape index (κ3) is 2.62. The summed E-state index contributed by atoms with van der Waals surface area (Å²) < 4.78 is 15.4. The number of hydrogen-bond donors (Lipinski definition) is 2. The second-order valence-corrected chi connectivity index (χ2v) is 5.66. The van der Waals surface area contributed by atoms with Crippen LogP contribution in [0.5, 0.6) is 0 Å². The number of rotatable bonds is 3. The van der Waals surface area contributed by atoms with Crippen LogP contribution in [0, 0.1) is 5.82 Å². The summed E-state index contributed by atoms with van der Waals surface area (Å²) in [5, 5.41) is 9.58. The van der Waals surface area contributed by atoms with Crippen LogP contribution < -0.4 is 0 Å². The molecular formula is C16H9ClFN5O2. The number of imidazole rings is 1. The van der Waals surface area contributed by atoms with Crippen molar-refractivity contribution in [1.82, 2.24) is 24.5 Å². The molecule has 0 aliphatic carbocycles. The SMILES string of the molecule is O=C(O)c1c[nH]c2ncc(-c3cn(-c4cc(Cl)ccc4F)cn3)nc12. The lowest BCUT2D eigenvalue weighted by atomic mass is 10.3. The molecule has 9 heteroatoms. The molecule has 7 nitrogen and oxygen atoms in total. The van der Waals surface area contributed by atoms with E-state index in [2.05, 4.69) is 19.9 Å². The molecule has 124 valence electrons. The van der Waals surface area contributed by atoms with Crippen LogP contribution in [0.2, 0.25) is 5.02 Å². The predicted molar refractivity (Wildman–Crippen MR) is 88.4 cm³/mol. The second-order valence-electron chi connectivity index (χ2n) is 5.22. The summed E-state index contributed by atoms with van der Waals surface area (Å²) in [6, 6.07) is 4.20. The minimum atomic E-state index is -1.11. The molecule has 3 heterocycles. The fourth-order valence-corrected chi connectivity index (χ4v) is 2.61. The van der Waals surface area contributed by atoms with Crippen LogP contribution in [-0.4, -0.2) is 35.6 Å². The molecule has 0 radical (unpaired) electrons. The smallest absolute Gasteiger partial charge is 0.339 e. The first kappa shape index (κ1) is 15.3. The van der Waals surface area contributed by atoms with Gasteiger partial charge in [-0.25, -0.2) is 24.1 Å². The van der Waals surface area contributed by atoms with E-state index in [0.29, 0.717) is 22.1 Å². The van der Waals surface area contributed by atoms with E-state index in [1.165, 1.54) is 41.5 Å². The van der Waals surface area contributed by atoms with Gasteiger partial charge in [-0.3, -0.25) is 0 Å². The minimum absolute atomic E-state index is 0.0182. The Bertz CT molecular complexity index is 1120. The molecular weight excluding hydrogens is 349 g/mol. The zero-order valence-electron chi connectivity index (χ0n) is 12.4. The molecule has 4 rings (SSSR count). The number of benzene rings is 1. The molecule has 1 aromatic carbocycles. The number of carboxylic acid groups (broad SMARTS) is 1. The maximum absolute atomic E-state index is 14.0. The normalized spacial score (nSPS) is 11.1. The Morgan fingerprint density at radius 1 is 1.28 bits per heavy atom. The van der Waals surface area contributed by atoms with Crippen LogP contribution >= 0.6 is 11.6 Å². The lowest BCUT2D eigenvalue weighted by Crippen LogP contribution is -1.96. The zero-order chi connectivity index (χ0) is 17.6. The highest BCUT2D eigenvalue weighted by Gasteiger charge is 2.15. The van der Waals surface area contributed by atoms with Gasteiger partial charge < -0.3 is 14.7 Å². The number of hydrogen-bond acceptors (Lipinski definition) is 4. The predicted octanol–water partition coefficient (Wildman–Crippen LogP) is 3.30. The lowest BCUT2D eigenvalue weighted by molar-refractivity contribution is 0.0699. The monoisotopic (exact) mass is 357 g/mol. The number of carbonyl (C=O) groups is 1. The number of aromatic carboxylic acids is 1. The van der Waals surface area contributed by atoms with Crippen molar-refractivity contribution in [2.75, 3.05) is 0 Å². The van der Waals surface area contributed by atoms with Gasteiger partial charge in [-0.2, -0.15) is 0 Å². The minimum Gasteiger partial charge on any atom is -0.478 e. The van der Waals surface area contributed by atoms with Crippen LogP contribution in [0.4, 0.5) is 4.39 Å². The summed E-state index contributed by atoms with van der Waals surface area (Å²) in [6.45, 7) is 0. The van der Waals surface area contributed by atoms with E-state index in [1.807, 2.05) is 0 Å². The third-order valence-corrected chi connectivity index (χ3v) is 3.88. The van der Waals surface area contributed by atoms with E-state index < -0.39 is 11.8 Å². The number of nitrogens with zero attached hydrogens (tertiary/aromatic N) is 4. The Labute approximate surface area is 144 Å². The number of halogens is 2. The highest BCUT2D eigenvalue weighted by atomic mass is 35.5. The highest BCUT2D eigenvalue weighted by Crippen LogP contribution is 2.23. The summed E-state index contributed by atoms with van der Waals surface area (Å²) in [5.41, 5.74) is 1.65. The summed E-state index contributed by atoms with van der Waals surface area (Å²) in [7, 11) is 0. The van der Waals surface area contributed by atoms with Crippen molar-refractivity contribution in [3.05, 3.63) is 59.5 Å². The van der Waals surface area contributed by atoms with Crippen LogP contribution in [0.1, 0.15) is 10.4 Å². The Hall–Kier alpha value is -3.26. The number of carboxylic acids is 1. The molecule has 0 fully saturated rings. The third-order valence-electron chi connectivity index (χ3n) is 3.64. The van der Waals surface area contributed by atoms with Crippen LogP contribution in [-0.2, 0) is 0 Å². The molecule has 0 spiro atoms. The van der Waals surface area contributed by atoms with Gasteiger partial charge in [0, 0.05) is 17.4 Å². The quantitative estimate of drug-likeness (QED) is 0.586. The van der Waals surface area contributed by atoms with Crippen molar-refractivity contribution < 1.29 is 14.3 Å². The number of nitrogens with one attached hydrogen (secondary N) is 1. The Kier molecular flexibility index (Phi) is 3.47. The van der Waals surface area contributed by atoms with Crippen molar-refractivity contribution in [2.24, 2.45) is 0 Å². The summed E-state index contributed by atoms with van der Waals surface area (Å²) in [4.78, 5) is 26.6. The molecule has 0 amide bonds. The summed E-state index contributed by atoms with van der Waals surface area (Å²) >= 11 is 5.91. The van der Waals surface area contributed by atoms with E-state index in [4.69, 9.17) is 11.6 Å². The lowest BCUT2D eigenvalue weighted by Gasteiger charge is -2.03. The average molecular weight is 358 g/mol. The fourth-order valence-electron chi connectivity index (χ4n) is 2.45. The van der Waals surface area contributed by atoms with E-state index >= 15 is 0 Å². The van der Waals surface area contributed by atoms with Gasteiger partial charge in [0.25, 0.3) is 0 Å².